The molecule has 0 aliphatic carbocycles. The predicted octanol–water partition coefficient (Wildman–Crippen LogP) is 4.28. The van der Waals surface area contributed by atoms with Gasteiger partial charge in [-0.3, -0.25) is 9.69 Å². The van der Waals surface area contributed by atoms with Crippen LogP contribution in [0.25, 0.3) is 11.3 Å². The molecule has 1 amide bonds. The predicted molar refractivity (Wildman–Crippen MR) is 106 cm³/mol. The number of amides is 1. The fourth-order valence-electron chi connectivity index (χ4n) is 3.63. The first-order valence-electron chi connectivity index (χ1n) is 9.03. The molecule has 4 nitrogen and oxygen atoms in total. The van der Waals surface area contributed by atoms with Crippen molar-refractivity contribution in [2.75, 3.05) is 13.6 Å². The minimum Gasteiger partial charge on any atom is -0.330 e. The van der Waals surface area contributed by atoms with Crippen molar-refractivity contribution in [3.63, 3.8) is 0 Å². The molecule has 0 spiro atoms. The summed E-state index contributed by atoms with van der Waals surface area (Å²) in [6.45, 7) is 2.15. The number of carbonyl (C=O) groups is 1. The van der Waals surface area contributed by atoms with Gasteiger partial charge in [-0.05, 0) is 54.0 Å². The Morgan fingerprint density at radius 1 is 1.07 bits per heavy atom. The van der Waals surface area contributed by atoms with E-state index in [9.17, 15) is 13.6 Å². The number of hydrogen-bond donors (Lipinski definition) is 0. The number of carbonyl (C=O) groups excluding carboxylic acids is 1. The summed E-state index contributed by atoms with van der Waals surface area (Å²) in [7, 11) is 1.83. The summed E-state index contributed by atoms with van der Waals surface area (Å²) >= 11 is 0. The Bertz CT molecular complexity index is 1150. The van der Waals surface area contributed by atoms with Crippen LogP contribution in [0, 0.1) is 23.0 Å². The van der Waals surface area contributed by atoms with E-state index in [1.807, 2.05) is 18.9 Å². The lowest BCUT2D eigenvalue weighted by molar-refractivity contribution is -0.125. The number of rotatable bonds is 2. The molecule has 0 bridgehead atoms. The van der Waals surface area contributed by atoms with Crippen LogP contribution in [0.15, 0.2) is 66.0 Å². The Kier molecular flexibility index (Phi) is 4.51. The average Bonchev–Trinajstić information content (AvgIpc) is 2.71. The number of benzene rings is 2. The van der Waals surface area contributed by atoms with Crippen LogP contribution in [0.4, 0.5) is 8.78 Å². The standard InChI is InChI=1S/C23H17F2N3O/c1-14-13-28-22(10-19(14)18-8-7-17(24)9-20(18)25)27(2)21(11-23(28)29)16-5-3-15(12-26)4-6-16/h3-11H,13H2,1-2H3. The van der Waals surface area contributed by atoms with Crippen LogP contribution in [0.3, 0.4) is 0 Å². The van der Waals surface area contributed by atoms with Crippen LogP contribution in [-0.2, 0) is 4.79 Å². The number of halogens is 2. The molecule has 0 saturated carbocycles. The third-order valence-corrected chi connectivity index (χ3v) is 5.17. The second-order valence-electron chi connectivity index (χ2n) is 7.02. The number of allylic oxidation sites excluding steroid dienone is 2. The molecule has 2 aromatic carbocycles. The first-order chi connectivity index (χ1) is 13.9. The van der Waals surface area contributed by atoms with E-state index in [2.05, 4.69) is 6.07 Å². The van der Waals surface area contributed by atoms with Gasteiger partial charge in [0, 0.05) is 31.3 Å². The topological polar surface area (TPSA) is 47.3 Å². The highest BCUT2D eigenvalue weighted by atomic mass is 19.1. The molecule has 0 saturated heterocycles. The molecule has 2 aromatic rings. The Morgan fingerprint density at radius 3 is 2.45 bits per heavy atom. The largest absolute Gasteiger partial charge is 0.330 e. The molecule has 0 aromatic heterocycles. The maximum absolute atomic E-state index is 14.4. The zero-order chi connectivity index (χ0) is 20.7. The summed E-state index contributed by atoms with van der Waals surface area (Å²) in [6.07, 6.45) is 3.30. The Labute approximate surface area is 167 Å². The Morgan fingerprint density at radius 2 is 1.79 bits per heavy atom. The van der Waals surface area contributed by atoms with Gasteiger partial charge in [0.25, 0.3) is 5.91 Å². The van der Waals surface area contributed by atoms with Crippen molar-refractivity contribution >= 4 is 17.2 Å². The number of nitrogens with zero attached hydrogens (tertiary/aromatic N) is 3. The maximum atomic E-state index is 14.4. The van der Waals surface area contributed by atoms with Crippen LogP contribution in [0.2, 0.25) is 0 Å². The molecule has 0 fully saturated rings. The highest BCUT2D eigenvalue weighted by Crippen LogP contribution is 2.36. The van der Waals surface area contributed by atoms with Gasteiger partial charge < -0.3 is 4.90 Å². The fourth-order valence-corrected chi connectivity index (χ4v) is 3.63. The minimum absolute atomic E-state index is 0.174. The van der Waals surface area contributed by atoms with Gasteiger partial charge in [-0.1, -0.05) is 12.1 Å². The van der Waals surface area contributed by atoms with Crippen molar-refractivity contribution in [1.29, 1.82) is 5.26 Å². The van der Waals surface area contributed by atoms with E-state index >= 15 is 0 Å². The number of fused-ring (bicyclic) bond motifs is 1. The van der Waals surface area contributed by atoms with Gasteiger partial charge >= 0.3 is 0 Å². The Balaban J connectivity index is 1.77. The smallest absolute Gasteiger partial charge is 0.254 e. The molecule has 4 rings (SSSR count). The SMILES string of the molecule is CC1=C(c2ccc(F)cc2F)C=C2N(C)C(c3ccc(C#N)cc3)=CC(=O)N2C1. The first kappa shape index (κ1) is 18.6. The Hall–Kier alpha value is -3.72. The molecular weight excluding hydrogens is 372 g/mol. The quantitative estimate of drug-likeness (QED) is 0.770. The fraction of sp³-hybridized carbons (Fsp3) is 0.130. The lowest BCUT2D eigenvalue weighted by Crippen LogP contribution is -2.43. The van der Waals surface area contributed by atoms with Crippen LogP contribution >= 0.6 is 0 Å². The highest BCUT2D eigenvalue weighted by Gasteiger charge is 2.32. The molecular formula is C23H17F2N3O. The van der Waals surface area contributed by atoms with Crippen molar-refractivity contribution in [2.24, 2.45) is 0 Å². The summed E-state index contributed by atoms with van der Waals surface area (Å²) in [6, 6.07) is 12.5. The van der Waals surface area contributed by atoms with Crippen molar-refractivity contribution in [2.45, 2.75) is 6.92 Å². The lowest BCUT2D eigenvalue weighted by Gasteiger charge is -2.40. The maximum Gasteiger partial charge on any atom is 0.254 e. The van der Waals surface area contributed by atoms with E-state index in [1.165, 1.54) is 12.1 Å². The summed E-state index contributed by atoms with van der Waals surface area (Å²) in [4.78, 5) is 16.2. The van der Waals surface area contributed by atoms with E-state index in [0.29, 0.717) is 34.8 Å². The van der Waals surface area contributed by atoms with Crippen molar-refractivity contribution in [1.82, 2.24) is 9.80 Å². The molecule has 2 heterocycles. The monoisotopic (exact) mass is 389 g/mol. The van der Waals surface area contributed by atoms with E-state index < -0.39 is 11.6 Å². The van der Waals surface area contributed by atoms with Crippen LogP contribution in [0.1, 0.15) is 23.6 Å². The van der Waals surface area contributed by atoms with Crippen LogP contribution in [-0.4, -0.2) is 29.3 Å². The molecule has 0 radical (unpaired) electrons. The second-order valence-corrected chi connectivity index (χ2v) is 7.02. The molecule has 29 heavy (non-hydrogen) atoms. The summed E-state index contributed by atoms with van der Waals surface area (Å²) in [5.41, 5.74) is 3.75. The lowest BCUT2D eigenvalue weighted by atomic mass is 9.95. The molecule has 0 unspecified atom stereocenters. The summed E-state index contributed by atoms with van der Waals surface area (Å²) in [5.74, 6) is -0.837. The van der Waals surface area contributed by atoms with Gasteiger partial charge in [-0.2, -0.15) is 5.26 Å². The van der Waals surface area contributed by atoms with Gasteiger partial charge in [0.05, 0.1) is 17.3 Å². The van der Waals surface area contributed by atoms with Crippen molar-refractivity contribution in [3.8, 4) is 6.07 Å². The van der Waals surface area contributed by atoms with Gasteiger partial charge in [0.1, 0.15) is 17.5 Å². The zero-order valence-electron chi connectivity index (χ0n) is 15.9. The van der Waals surface area contributed by atoms with Gasteiger partial charge in [-0.15, -0.1) is 0 Å². The number of nitriles is 1. The molecule has 144 valence electrons. The number of hydrogen-bond acceptors (Lipinski definition) is 3. The van der Waals surface area contributed by atoms with Crippen molar-refractivity contribution < 1.29 is 13.6 Å². The second kappa shape index (κ2) is 7.02. The molecule has 6 heteroatoms. The molecule has 2 aliphatic rings. The van der Waals surface area contributed by atoms with E-state index in [4.69, 9.17) is 5.26 Å². The normalized spacial score (nSPS) is 16.3. The summed E-state index contributed by atoms with van der Waals surface area (Å²) in [5, 5.41) is 8.98. The molecule has 0 atom stereocenters. The van der Waals surface area contributed by atoms with E-state index in [-0.39, 0.29) is 5.91 Å². The molecule has 2 aliphatic heterocycles. The average molecular weight is 389 g/mol. The van der Waals surface area contributed by atoms with E-state index in [0.717, 1.165) is 17.2 Å². The van der Waals surface area contributed by atoms with Crippen LogP contribution < -0.4 is 0 Å². The van der Waals surface area contributed by atoms with Gasteiger partial charge in [0.2, 0.25) is 0 Å². The third kappa shape index (κ3) is 3.21. The summed E-state index contributed by atoms with van der Waals surface area (Å²) < 4.78 is 27.7. The minimum atomic E-state index is -0.641. The van der Waals surface area contributed by atoms with Gasteiger partial charge in [0.15, 0.2) is 0 Å². The van der Waals surface area contributed by atoms with E-state index in [1.54, 1.807) is 41.3 Å². The highest BCUT2D eigenvalue weighted by molar-refractivity contribution is 5.99. The third-order valence-electron chi connectivity index (χ3n) is 5.17. The van der Waals surface area contributed by atoms with Crippen molar-refractivity contribution in [3.05, 3.63) is 94.3 Å². The molecule has 0 N–H and O–H groups in total. The zero-order valence-corrected chi connectivity index (χ0v) is 15.9. The first-order valence-corrected chi connectivity index (χ1v) is 9.03. The van der Waals surface area contributed by atoms with Crippen LogP contribution in [0.5, 0.6) is 0 Å². The van der Waals surface area contributed by atoms with Gasteiger partial charge in [-0.25, -0.2) is 8.78 Å².